The van der Waals surface area contributed by atoms with Gasteiger partial charge in [-0.15, -0.1) is 0 Å². The molecule has 1 N–H and O–H groups in total. The van der Waals surface area contributed by atoms with Crippen LogP contribution >= 0.6 is 11.6 Å². The van der Waals surface area contributed by atoms with E-state index in [0.29, 0.717) is 10.6 Å². The molecule has 2 amide bonds. The van der Waals surface area contributed by atoms with Gasteiger partial charge in [0, 0.05) is 17.1 Å². The number of hydrogen-bond acceptors (Lipinski definition) is 2. The second-order valence-electron chi connectivity index (χ2n) is 5.36. The van der Waals surface area contributed by atoms with E-state index in [1.165, 1.54) is 23.1 Å². The summed E-state index contributed by atoms with van der Waals surface area (Å²) < 4.78 is 13.8. The lowest BCUT2D eigenvalue weighted by Crippen LogP contribution is -2.59. The van der Waals surface area contributed by atoms with Crippen molar-refractivity contribution in [1.29, 1.82) is 0 Å². The smallest absolute Gasteiger partial charge is 0.246 e. The van der Waals surface area contributed by atoms with Crippen molar-refractivity contribution in [2.24, 2.45) is 5.92 Å². The Balaban J connectivity index is 2.20. The minimum Gasteiger partial charge on any atom is -0.342 e. The lowest BCUT2D eigenvalue weighted by atomic mass is 9.96. The second kappa shape index (κ2) is 6.43. The summed E-state index contributed by atoms with van der Waals surface area (Å²) in [5, 5.41) is 3.11. The van der Waals surface area contributed by atoms with Crippen LogP contribution in [0, 0.1) is 11.7 Å². The third kappa shape index (κ3) is 3.53. The van der Waals surface area contributed by atoms with E-state index in [-0.39, 0.29) is 30.8 Å². The molecule has 2 atom stereocenters. The van der Waals surface area contributed by atoms with Crippen LogP contribution in [0.4, 0.5) is 4.39 Å². The van der Waals surface area contributed by atoms with E-state index in [1.807, 2.05) is 13.8 Å². The molecule has 1 aliphatic rings. The molecule has 1 saturated heterocycles. The van der Waals surface area contributed by atoms with Gasteiger partial charge in [-0.05, 0) is 24.1 Å². The fourth-order valence-corrected chi connectivity index (χ4v) is 2.55. The topological polar surface area (TPSA) is 49.4 Å². The summed E-state index contributed by atoms with van der Waals surface area (Å²) in [5.41, 5.74) is 0.313. The first-order chi connectivity index (χ1) is 9.92. The molecule has 0 aliphatic carbocycles. The zero-order chi connectivity index (χ0) is 15.6. The van der Waals surface area contributed by atoms with E-state index >= 15 is 0 Å². The molecule has 1 heterocycles. The summed E-state index contributed by atoms with van der Waals surface area (Å²) in [6, 6.07) is 3.65. The maximum Gasteiger partial charge on any atom is 0.246 e. The van der Waals surface area contributed by atoms with Gasteiger partial charge in [0.25, 0.3) is 0 Å². The van der Waals surface area contributed by atoms with Crippen LogP contribution < -0.4 is 5.32 Å². The summed E-state index contributed by atoms with van der Waals surface area (Å²) in [5.74, 6) is -0.794. The van der Waals surface area contributed by atoms with E-state index in [1.54, 1.807) is 0 Å². The molecule has 21 heavy (non-hydrogen) atoms. The average molecular weight is 313 g/mol. The standard InChI is InChI=1S/C15H18ClFN2O2/c1-3-9(2)14-15(21)19(8-13(20)18-14)7-10-6-11(16)4-5-12(10)17/h4-6,9,14H,3,7-8H2,1-2H3,(H,18,20). The quantitative estimate of drug-likeness (QED) is 0.928. The van der Waals surface area contributed by atoms with Crippen LogP contribution in [-0.2, 0) is 16.1 Å². The minimum absolute atomic E-state index is 0.0356. The monoisotopic (exact) mass is 312 g/mol. The van der Waals surface area contributed by atoms with Crippen molar-refractivity contribution in [2.75, 3.05) is 6.54 Å². The second-order valence-corrected chi connectivity index (χ2v) is 5.80. The number of rotatable bonds is 4. The highest BCUT2D eigenvalue weighted by Crippen LogP contribution is 2.20. The lowest BCUT2D eigenvalue weighted by molar-refractivity contribution is -0.146. The van der Waals surface area contributed by atoms with Crippen molar-refractivity contribution in [2.45, 2.75) is 32.9 Å². The number of piperazine rings is 1. The lowest BCUT2D eigenvalue weighted by Gasteiger charge is -2.35. The minimum atomic E-state index is -0.543. The highest BCUT2D eigenvalue weighted by atomic mass is 35.5. The van der Waals surface area contributed by atoms with E-state index < -0.39 is 11.9 Å². The van der Waals surface area contributed by atoms with Crippen molar-refractivity contribution >= 4 is 23.4 Å². The number of carbonyl (C=O) groups is 2. The highest BCUT2D eigenvalue weighted by Gasteiger charge is 2.35. The van der Waals surface area contributed by atoms with Crippen molar-refractivity contribution in [3.8, 4) is 0 Å². The number of hydrogen-bond donors (Lipinski definition) is 1. The molecule has 1 aliphatic heterocycles. The molecule has 1 aromatic rings. The van der Waals surface area contributed by atoms with Gasteiger partial charge in [0.1, 0.15) is 11.9 Å². The molecule has 0 radical (unpaired) electrons. The molecular weight excluding hydrogens is 295 g/mol. The van der Waals surface area contributed by atoms with Crippen molar-refractivity contribution in [1.82, 2.24) is 10.2 Å². The van der Waals surface area contributed by atoms with Crippen LogP contribution in [0.1, 0.15) is 25.8 Å². The predicted molar refractivity (Wildman–Crippen MR) is 78.2 cm³/mol. The molecular formula is C15H18ClFN2O2. The molecule has 1 fully saturated rings. The predicted octanol–water partition coefficient (Wildman–Crippen LogP) is 2.35. The molecule has 0 bridgehead atoms. The largest absolute Gasteiger partial charge is 0.342 e. The Morgan fingerprint density at radius 3 is 2.86 bits per heavy atom. The van der Waals surface area contributed by atoms with Gasteiger partial charge in [0.2, 0.25) is 11.8 Å². The highest BCUT2D eigenvalue weighted by molar-refractivity contribution is 6.30. The Morgan fingerprint density at radius 1 is 1.48 bits per heavy atom. The van der Waals surface area contributed by atoms with Crippen LogP contribution in [0.3, 0.4) is 0 Å². The Labute approximate surface area is 128 Å². The molecule has 0 spiro atoms. The van der Waals surface area contributed by atoms with E-state index in [4.69, 9.17) is 11.6 Å². The summed E-state index contributed by atoms with van der Waals surface area (Å²) >= 11 is 5.85. The molecule has 4 nitrogen and oxygen atoms in total. The fraction of sp³-hybridized carbons (Fsp3) is 0.467. The number of benzene rings is 1. The number of nitrogens with one attached hydrogen (secondary N) is 1. The summed E-state index contributed by atoms with van der Waals surface area (Å²) in [4.78, 5) is 25.6. The van der Waals surface area contributed by atoms with Crippen LogP contribution in [0.2, 0.25) is 5.02 Å². The third-order valence-electron chi connectivity index (χ3n) is 3.81. The third-order valence-corrected chi connectivity index (χ3v) is 4.05. The zero-order valence-electron chi connectivity index (χ0n) is 12.0. The Hall–Kier alpha value is -1.62. The fourth-order valence-electron chi connectivity index (χ4n) is 2.35. The molecule has 1 aromatic carbocycles. The number of amides is 2. The normalized spacial score (nSPS) is 20.4. The van der Waals surface area contributed by atoms with E-state index in [9.17, 15) is 14.0 Å². The molecule has 6 heteroatoms. The first kappa shape index (κ1) is 15.8. The number of carbonyl (C=O) groups excluding carboxylic acids is 2. The van der Waals surface area contributed by atoms with Crippen LogP contribution in [0.15, 0.2) is 18.2 Å². The van der Waals surface area contributed by atoms with Gasteiger partial charge in [-0.3, -0.25) is 9.59 Å². The van der Waals surface area contributed by atoms with Crippen molar-refractivity contribution in [3.05, 3.63) is 34.6 Å². The molecule has 0 saturated carbocycles. The van der Waals surface area contributed by atoms with Crippen LogP contribution in [0.25, 0.3) is 0 Å². The van der Waals surface area contributed by atoms with Crippen LogP contribution in [-0.4, -0.2) is 29.3 Å². The van der Waals surface area contributed by atoms with Crippen LogP contribution in [0.5, 0.6) is 0 Å². The number of nitrogens with zero attached hydrogens (tertiary/aromatic N) is 1. The molecule has 0 aromatic heterocycles. The van der Waals surface area contributed by atoms with E-state index in [2.05, 4.69) is 5.32 Å². The van der Waals surface area contributed by atoms with Gasteiger partial charge >= 0.3 is 0 Å². The maximum atomic E-state index is 13.8. The van der Waals surface area contributed by atoms with Gasteiger partial charge in [-0.2, -0.15) is 0 Å². The van der Waals surface area contributed by atoms with Gasteiger partial charge in [-0.25, -0.2) is 4.39 Å². The summed E-state index contributed by atoms with van der Waals surface area (Å²) in [6.07, 6.45) is 0.774. The molecule has 2 rings (SSSR count). The summed E-state index contributed by atoms with van der Waals surface area (Å²) in [7, 11) is 0. The first-order valence-corrected chi connectivity index (χ1v) is 7.32. The van der Waals surface area contributed by atoms with Gasteiger partial charge in [-0.1, -0.05) is 31.9 Å². The molecule has 114 valence electrons. The Morgan fingerprint density at radius 2 is 2.19 bits per heavy atom. The zero-order valence-corrected chi connectivity index (χ0v) is 12.8. The average Bonchev–Trinajstić information content (AvgIpc) is 2.45. The first-order valence-electron chi connectivity index (χ1n) is 6.94. The van der Waals surface area contributed by atoms with Crippen molar-refractivity contribution < 1.29 is 14.0 Å². The van der Waals surface area contributed by atoms with Gasteiger partial charge < -0.3 is 10.2 Å². The SMILES string of the molecule is CCC(C)C1NC(=O)CN(Cc2cc(Cl)ccc2F)C1=O. The van der Waals surface area contributed by atoms with Crippen molar-refractivity contribution in [3.63, 3.8) is 0 Å². The molecule has 2 unspecified atom stereocenters. The van der Waals surface area contributed by atoms with Gasteiger partial charge in [0.05, 0.1) is 6.54 Å². The maximum absolute atomic E-state index is 13.8. The Bertz CT molecular complexity index is 565. The van der Waals surface area contributed by atoms with Gasteiger partial charge in [0.15, 0.2) is 0 Å². The summed E-state index contributed by atoms with van der Waals surface area (Å²) in [6.45, 7) is 3.86. The van der Waals surface area contributed by atoms with E-state index in [0.717, 1.165) is 6.42 Å². The number of halogens is 2. The Kier molecular flexibility index (Phi) is 4.83.